The minimum atomic E-state index is -0.209. The van der Waals surface area contributed by atoms with E-state index in [4.69, 9.17) is 10.5 Å². The molecule has 0 saturated carbocycles. The molecule has 0 spiro atoms. The molecule has 1 aromatic rings. The number of amides is 1. The first kappa shape index (κ1) is 15.4. The number of rotatable bonds is 4. The molecule has 0 aromatic heterocycles. The Morgan fingerprint density at radius 2 is 2.10 bits per heavy atom. The number of carbonyl (C=O) groups excluding carboxylic acids is 1. The summed E-state index contributed by atoms with van der Waals surface area (Å²) in [5.41, 5.74) is 9.23. The molecule has 1 unspecified atom stereocenters. The summed E-state index contributed by atoms with van der Waals surface area (Å²) in [4.78, 5) is 13.4. The van der Waals surface area contributed by atoms with Crippen LogP contribution >= 0.6 is 0 Å². The SMILES string of the molecule is CCOC(=O)N1CC=C(C(C)Cc2ccc(N)cc2)CC1. The van der Waals surface area contributed by atoms with Gasteiger partial charge in [0.15, 0.2) is 0 Å². The third-order valence-corrected chi connectivity index (χ3v) is 3.92. The van der Waals surface area contributed by atoms with E-state index >= 15 is 0 Å². The Balaban J connectivity index is 1.90. The van der Waals surface area contributed by atoms with Gasteiger partial charge in [-0.15, -0.1) is 0 Å². The molecule has 0 fully saturated rings. The predicted molar refractivity (Wildman–Crippen MR) is 85.0 cm³/mol. The minimum Gasteiger partial charge on any atom is -0.450 e. The van der Waals surface area contributed by atoms with Crippen molar-refractivity contribution in [2.75, 3.05) is 25.4 Å². The lowest BCUT2D eigenvalue weighted by atomic mass is 9.89. The normalized spacial score (nSPS) is 16.3. The Labute approximate surface area is 126 Å². The highest BCUT2D eigenvalue weighted by molar-refractivity contribution is 5.68. The van der Waals surface area contributed by atoms with Gasteiger partial charge in [0.1, 0.15) is 0 Å². The number of ether oxygens (including phenoxy) is 1. The first-order valence-corrected chi connectivity index (χ1v) is 7.55. The number of nitrogens with two attached hydrogens (primary N) is 1. The summed E-state index contributed by atoms with van der Waals surface area (Å²) in [7, 11) is 0. The molecule has 0 radical (unpaired) electrons. The van der Waals surface area contributed by atoms with Gasteiger partial charge < -0.3 is 15.4 Å². The van der Waals surface area contributed by atoms with E-state index in [9.17, 15) is 4.79 Å². The summed E-state index contributed by atoms with van der Waals surface area (Å²) < 4.78 is 5.03. The molecule has 4 nitrogen and oxygen atoms in total. The molecule has 1 aromatic carbocycles. The van der Waals surface area contributed by atoms with Gasteiger partial charge in [-0.25, -0.2) is 4.79 Å². The van der Waals surface area contributed by atoms with Gasteiger partial charge >= 0.3 is 6.09 Å². The molecule has 1 aliphatic rings. The Hall–Kier alpha value is -1.97. The number of anilines is 1. The predicted octanol–water partition coefficient (Wildman–Crippen LogP) is 3.24. The molecule has 2 rings (SSSR count). The number of nitrogens with zero attached hydrogens (tertiary/aromatic N) is 1. The van der Waals surface area contributed by atoms with E-state index in [1.54, 1.807) is 4.90 Å². The number of carbonyl (C=O) groups is 1. The van der Waals surface area contributed by atoms with Crippen molar-refractivity contribution in [3.05, 3.63) is 41.5 Å². The Bertz CT molecular complexity index is 508. The van der Waals surface area contributed by atoms with E-state index < -0.39 is 0 Å². The Morgan fingerprint density at radius 3 is 2.67 bits per heavy atom. The van der Waals surface area contributed by atoms with Crippen molar-refractivity contribution in [2.45, 2.75) is 26.7 Å². The fraction of sp³-hybridized carbons (Fsp3) is 0.471. The minimum absolute atomic E-state index is 0.209. The number of hydrogen-bond donors (Lipinski definition) is 1. The van der Waals surface area contributed by atoms with E-state index in [0.717, 1.165) is 25.1 Å². The molecule has 1 aliphatic heterocycles. The molecule has 114 valence electrons. The second kappa shape index (κ2) is 7.16. The lowest BCUT2D eigenvalue weighted by Crippen LogP contribution is -2.36. The number of benzene rings is 1. The van der Waals surface area contributed by atoms with Crippen molar-refractivity contribution < 1.29 is 9.53 Å². The summed E-state index contributed by atoms with van der Waals surface area (Å²) in [5.74, 6) is 0.484. The third kappa shape index (κ3) is 4.25. The Kier molecular flexibility index (Phi) is 5.26. The lowest BCUT2D eigenvalue weighted by molar-refractivity contribution is 0.110. The summed E-state index contributed by atoms with van der Waals surface area (Å²) >= 11 is 0. The summed E-state index contributed by atoms with van der Waals surface area (Å²) in [6.45, 7) is 5.90. The van der Waals surface area contributed by atoms with Gasteiger partial charge in [-0.3, -0.25) is 0 Å². The molecule has 1 amide bonds. The Morgan fingerprint density at radius 1 is 1.38 bits per heavy atom. The van der Waals surface area contributed by atoms with Crippen molar-refractivity contribution >= 4 is 11.8 Å². The van der Waals surface area contributed by atoms with Gasteiger partial charge in [0.25, 0.3) is 0 Å². The molecular formula is C17H24N2O2. The zero-order chi connectivity index (χ0) is 15.2. The van der Waals surface area contributed by atoms with Crippen LogP contribution in [0.2, 0.25) is 0 Å². The molecular weight excluding hydrogens is 264 g/mol. The summed E-state index contributed by atoms with van der Waals surface area (Å²) in [5, 5.41) is 0. The van der Waals surface area contributed by atoms with Crippen molar-refractivity contribution in [1.82, 2.24) is 4.90 Å². The molecule has 0 saturated heterocycles. The standard InChI is InChI=1S/C17H24N2O2/c1-3-21-17(20)19-10-8-15(9-11-19)13(2)12-14-4-6-16(18)7-5-14/h4-8,13H,3,9-12,18H2,1-2H3. The zero-order valence-corrected chi connectivity index (χ0v) is 12.8. The molecule has 0 aliphatic carbocycles. The van der Waals surface area contributed by atoms with Crippen molar-refractivity contribution in [1.29, 1.82) is 0 Å². The van der Waals surface area contributed by atoms with Gasteiger partial charge in [-0.05, 0) is 43.4 Å². The van der Waals surface area contributed by atoms with Gasteiger partial charge in [0.05, 0.1) is 6.61 Å². The average Bonchev–Trinajstić information content (AvgIpc) is 2.50. The maximum atomic E-state index is 11.7. The van der Waals surface area contributed by atoms with Crippen LogP contribution in [-0.4, -0.2) is 30.7 Å². The fourth-order valence-electron chi connectivity index (χ4n) is 2.65. The van der Waals surface area contributed by atoms with E-state index in [-0.39, 0.29) is 6.09 Å². The molecule has 4 heteroatoms. The fourth-order valence-corrected chi connectivity index (χ4v) is 2.65. The van der Waals surface area contributed by atoms with Crippen LogP contribution in [-0.2, 0) is 11.2 Å². The van der Waals surface area contributed by atoms with Crippen LogP contribution in [0.5, 0.6) is 0 Å². The number of hydrogen-bond acceptors (Lipinski definition) is 3. The van der Waals surface area contributed by atoms with Crippen LogP contribution < -0.4 is 5.73 Å². The van der Waals surface area contributed by atoms with Crippen LogP contribution in [0.15, 0.2) is 35.9 Å². The highest BCUT2D eigenvalue weighted by Crippen LogP contribution is 2.23. The van der Waals surface area contributed by atoms with Gasteiger partial charge in [0.2, 0.25) is 0 Å². The molecule has 0 bridgehead atoms. The monoisotopic (exact) mass is 288 g/mol. The van der Waals surface area contributed by atoms with Crippen molar-refractivity contribution in [2.24, 2.45) is 5.92 Å². The van der Waals surface area contributed by atoms with Crippen LogP contribution in [0.4, 0.5) is 10.5 Å². The smallest absolute Gasteiger partial charge is 0.410 e. The quantitative estimate of drug-likeness (QED) is 0.683. The molecule has 21 heavy (non-hydrogen) atoms. The van der Waals surface area contributed by atoms with Gasteiger partial charge in [0, 0.05) is 18.8 Å². The lowest BCUT2D eigenvalue weighted by Gasteiger charge is -2.28. The van der Waals surface area contributed by atoms with E-state index in [1.165, 1.54) is 11.1 Å². The van der Waals surface area contributed by atoms with E-state index in [1.807, 2.05) is 19.1 Å². The third-order valence-electron chi connectivity index (χ3n) is 3.92. The van der Waals surface area contributed by atoms with Crippen LogP contribution in [0.25, 0.3) is 0 Å². The summed E-state index contributed by atoms with van der Waals surface area (Å²) in [6.07, 6.45) is 3.89. The summed E-state index contributed by atoms with van der Waals surface area (Å²) in [6, 6.07) is 8.06. The van der Waals surface area contributed by atoms with Gasteiger partial charge in [-0.1, -0.05) is 30.7 Å². The van der Waals surface area contributed by atoms with Crippen LogP contribution in [0, 0.1) is 5.92 Å². The maximum absolute atomic E-state index is 11.7. The highest BCUT2D eigenvalue weighted by Gasteiger charge is 2.20. The van der Waals surface area contributed by atoms with E-state index in [2.05, 4.69) is 25.1 Å². The first-order chi connectivity index (χ1) is 10.1. The second-order valence-electron chi connectivity index (χ2n) is 5.52. The largest absolute Gasteiger partial charge is 0.450 e. The molecule has 2 N–H and O–H groups in total. The van der Waals surface area contributed by atoms with Crippen molar-refractivity contribution in [3.8, 4) is 0 Å². The van der Waals surface area contributed by atoms with Crippen molar-refractivity contribution in [3.63, 3.8) is 0 Å². The second-order valence-corrected chi connectivity index (χ2v) is 5.52. The van der Waals surface area contributed by atoms with Crippen LogP contribution in [0.3, 0.4) is 0 Å². The topological polar surface area (TPSA) is 55.6 Å². The first-order valence-electron chi connectivity index (χ1n) is 7.55. The molecule has 1 atom stereocenters. The zero-order valence-electron chi connectivity index (χ0n) is 12.8. The average molecular weight is 288 g/mol. The van der Waals surface area contributed by atoms with Gasteiger partial charge in [-0.2, -0.15) is 0 Å². The van der Waals surface area contributed by atoms with Crippen LogP contribution in [0.1, 0.15) is 25.8 Å². The number of nitrogen functional groups attached to an aromatic ring is 1. The van der Waals surface area contributed by atoms with E-state index in [0.29, 0.717) is 19.1 Å². The highest BCUT2D eigenvalue weighted by atomic mass is 16.6. The molecule has 1 heterocycles. The maximum Gasteiger partial charge on any atom is 0.410 e.